The average Bonchev–Trinajstić information content (AvgIpc) is 2.49. The summed E-state index contributed by atoms with van der Waals surface area (Å²) in [6.45, 7) is 7.06. The molecule has 0 radical (unpaired) electrons. The van der Waals surface area contributed by atoms with Crippen LogP contribution in [0.4, 0.5) is 5.69 Å². The number of piperidine rings is 1. The van der Waals surface area contributed by atoms with E-state index in [-0.39, 0.29) is 10.6 Å². The van der Waals surface area contributed by atoms with E-state index in [0.29, 0.717) is 12.1 Å². The van der Waals surface area contributed by atoms with Crippen LogP contribution in [-0.4, -0.2) is 36.0 Å². The number of nitro benzene ring substituents is 1. The standard InChI is InChI=1S/C16H25N3O2/c1-14-6-7-15(12-16(14)19(20)21)13-17-8-5-11-18-9-3-2-4-10-18/h6-7,12,17H,2-5,8-11,13H2,1H3. The van der Waals surface area contributed by atoms with Gasteiger partial charge in [0.05, 0.1) is 4.92 Å². The zero-order valence-electron chi connectivity index (χ0n) is 12.8. The van der Waals surface area contributed by atoms with Crippen molar-refractivity contribution < 1.29 is 4.92 Å². The molecule has 0 unspecified atom stereocenters. The Kier molecular flexibility index (Phi) is 6.14. The highest BCUT2D eigenvalue weighted by Crippen LogP contribution is 2.19. The van der Waals surface area contributed by atoms with Gasteiger partial charge in [-0.1, -0.05) is 18.6 Å². The van der Waals surface area contributed by atoms with Crippen LogP contribution in [0.5, 0.6) is 0 Å². The van der Waals surface area contributed by atoms with Gasteiger partial charge in [0.15, 0.2) is 0 Å². The maximum Gasteiger partial charge on any atom is 0.272 e. The summed E-state index contributed by atoms with van der Waals surface area (Å²) in [6.07, 6.45) is 5.18. The van der Waals surface area contributed by atoms with Crippen LogP contribution in [0.2, 0.25) is 0 Å². The van der Waals surface area contributed by atoms with Crippen molar-refractivity contribution in [3.8, 4) is 0 Å². The lowest BCUT2D eigenvalue weighted by Gasteiger charge is -2.26. The third kappa shape index (κ3) is 5.10. The average molecular weight is 291 g/mol. The van der Waals surface area contributed by atoms with Crippen molar-refractivity contribution in [1.29, 1.82) is 0 Å². The quantitative estimate of drug-likeness (QED) is 0.477. The number of hydrogen-bond acceptors (Lipinski definition) is 4. The Labute approximate surface area is 126 Å². The monoisotopic (exact) mass is 291 g/mol. The molecule has 0 bridgehead atoms. The number of benzene rings is 1. The maximum atomic E-state index is 10.9. The molecule has 1 N–H and O–H groups in total. The van der Waals surface area contributed by atoms with Crippen LogP contribution in [0.1, 0.15) is 36.8 Å². The molecule has 1 aliphatic heterocycles. The summed E-state index contributed by atoms with van der Waals surface area (Å²) in [5.41, 5.74) is 1.90. The minimum atomic E-state index is -0.310. The van der Waals surface area contributed by atoms with Gasteiger partial charge >= 0.3 is 0 Å². The molecule has 1 fully saturated rings. The minimum Gasteiger partial charge on any atom is -0.313 e. The maximum absolute atomic E-state index is 10.9. The molecule has 116 valence electrons. The summed E-state index contributed by atoms with van der Waals surface area (Å²) in [6, 6.07) is 5.45. The summed E-state index contributed by atoms with van der Waals surface area (Å²) in [5.74, 6) is 0. The van der Waals surface area contributed by atoms with E-state index < -0.39 is 0 Å². The van der Waals surface area contributed by atoms with Crippen LogP contribution in [-0.2, 0) is 6.54 Å². The van der Waals surface area contributed by atoms with Crippen molar-refractivity contribution in [3.63, 3.8) is 0 Å². The first-order valence-electron chi connectivity index (χ1n) is 7.84. The molecule has 0 spiro atoms. The molecule has 0 aliphatic carbocycles. The predicted molar refractivity (Wildman–Crippen MR) is 84.4 cm³/mol. The van der Waals surface area contributed by atoms with E-state index in [1.807, 2.05) is 12.1 Å². The Morgan fingerprint density at radius 2 is 2.05 bits per heavy atom. The van der Waals surface area contributed by atoms with Gasteiger partial charge < -0.3 is 10.2 Å². The van der Waals surface area contributed by atoms with Gasteiger partial charge in [0.1, 0.15) is 0 Å². The number of nitrogens with one attached hydrogen (secondary N) is 1. The van der Waals surface area contributed by atoms with Crippen molar-refractivity contribution in [2.24, 2.45) is 0 Å². The number of nitrogens with zero attached hydrogens (tertiary/aromatic N) is 2. The van der Waals surface area contributed by atoms with Gasteiger partial charge in [-0.2, -0.15) is 0 Å². The second-order valence-electron chi connectivity index (χ2n) is 5.81. The van der Waals surface area contributed by atoms with E-state index in [2.05, 4.69) is 10.2 Å². The zero-order chi connectivity index (χ0) is 15.1. The van der Waals surface area contributed by atoms with Gasteiger partial charge in [-0.05, 0) is 57.9 Å². The Morgan fingerprint density at radius 1 is 1.29 bits per heavy atom. The fourth-order valence-electron chi connectivity index (χ4n) is 2.81. The normalized spacial score (nSPS) is 16.0. The molecule has 5 heteroatoms. The van der Waals surface area contributed by atoms with Crippen LogP contribution >= 0.6 is 0 Å². The molecule has 21 heavy (non-hydrogen) atoms. The van der Waals surface area contributed by atoms with E-state index in [1.165, 1.54) is 32.4 Å². The van der Waals surface area contributed by atoms with Crippen molar-refractivity contribution >= 4 is 5.69 Å². The van der Waals surface area contributed by atoms with Crippen LogP contribution in [0.15, 0.2) is 18.2 Å². The molecule has 1 saturated heterocycles. The molecule has 2 rings (SSSR count). The summed E-state index contributed by atoms with van der Waals surface area (Å²) in [4.78, 5) is 13.1. The summed E-state index contributed by atoms with van der Waals surface area (Å²) < 4.78 is 0. The van der Waals surface area contributed by atoms with E-state index in [4.69, 9.17) is 0 Å². The molecule has 5 nitrogen and oxygen atoms in total. The van der Waals surface area contributed by atoms with Crippen LogP contribution in [0, 0.1) is 17.0 Å². The zero-order valence-corrected chi connectivity index (χ0v) is 12.8. The predicted octanol–water partition coefficient (Wildman–Crippen LogP) is 2.87. The van der Waals surface area contributed by atoms with Gasteiger partial charge in [-0.3, -0.25) is 10.1 Å². The molecule has 1 aromatic rings. The Balaban J connectivity index is 1.68. The Hall–Kier alpha value is -1.46. The van der Waals surface area contributed by atoms with E-state index in [9.17, 15) is 10.1 Å². The molecular weight excluding hydrogens is 266 g/mol. The van der Waals surface area contributed by atoms with E-state index >= 15 is 0 Å². The van der Waals surface area contributed by atoms with Crippen molar-refractivity contribution in [3.05, 3.63) is 39.4 Å². The molecule has 1 aromatic carbocycles. The van der Waals surface area contributed by atoms with Crippen LogP contribution in [0.3, 0.4) is 0 Å². The van der Waals surface area contributed by atoms with Crippen LogP contribution in [0.25, 0.3) is 0 Å². The third-order valence-electron chi connectivity index (χ3n) is 4.08. The van der Waals surface area contributed by atoms with Gasteiger partial charge in [0.25, 0.3) is 5.69 Å². The first-order chi connectivity index (χ1) is 10.2. The SMILES string of the molecule is Cc1ccc(CNCCCN2CCCCC2)cc1[N+](=O)[O-]. The minimum absolute atomic E-state index is 0.211. The highest BCUT2D eigenvalue weighted by atomic mass is 16.6. The molecule has 0 aromatic heterocycles. The lowest BCUT2D eigenvalue weighted by molar-refractivity contribution is -0.385. The molecular formula is C16H25N3O2. The van der Waals surface area contributed by atoms with Crippen molar-refractivity contribution in [2.45, 2.75) is 39.2 Å². The van der Waals surface area contributed by atoms with Gasteiger partial charge in [-0.25, -0.2) is 0 Å². The number of rotatable bonds is 7. The fourth-order valence-corrected chi connectivity index (χ4v) is 2.81. The second-order valence-corrected chi connectivity index (χ2v) is 5.81. The molecule has 0 atom stereocenters. The first kappa shape index (κ1) is 15.9. The summed E-state index contributed by atoms with van der Waals surface area (Å²) in [5, 5.41) is 14.3. The van der Waals surface area contributed by atoms with Crippen LogP contribution < -0.4 is 5.32 Å². The Morgan fingerprint density at radius 3 is 2.76 bits per heavy atom. The van der Waals surface area contributed by atoms with Crippen molar-refractivity contribution in [2.75, 3.05) is 26.2 Å². The molecule has 1 aliphatic rings. The van der Waals surface area contributed by atoms with Gasteiger partial charge in [-0.15, -0.1) is 0 Å². The largest absolute Gasteiger partial charge is 0.313 e. The lowest BCUT2D eigenvalue weighted by atomic mass is 10.1. The highest BCUT2D eigenvalue weighted by Gasteiger charge is 2.11. The van der Waals surface area contributed by atoms with E-state index in [1.54, 1.807) is 13.0 Å². The fraction of sp³-hybridized carbons (Fsp3) is 0.625. The second kappa shape index (κ2) is 8.10. The van der Waals surface area contributed by atoms with Gasteiger partial charge in [0, 0.05) is 18.2 Å². The van der Waals surface area contributed by atoms with Crippen molar-refractivity contribution in [1.82, 2.24) is 10.2 Å². The third-order valence-corrected chi connectivity index (χ3v) is 4.08. The summed E-state index contributed by atoms with van der Waals surface area (Å²) >= 11 is 0. The smallest absolute Gasteiger partial charge is 0.272 e. The molecule has 1 heterocycles. The number of nitro groups is 1. The molecule has 0 amide bonds. The number of hydrogen-bond donors (Lipinski definition) is 1. The Bertz CT molecular complexity index is 471. The van der Waals surface area contributed by atoms with Gasteiger partial charge in [0.2, 0.25) is 0 Å². The lowest BCUT2D eigenvalue weighted by Crippen LogP contribution is -2.32. The topological polar surface area (TPSA) is 58.4 Å². The first-order valence-corrected chi connectivity index (χ1v) is 7.84. The number of aryl methyl sites for hydroxylation is 1. The summed E-state index contributed by atoms with van der Waals surface area (Å²) in [7, 11) is 0. The molecule has 0 saturated carbocycles. The number of likely N-dealkylation sites (tertiary alicyclic amines) is 1. The highest BCUT2D eigenvalue weighted by molar-refractivity contribution is 5.42. The van der Waals surface area contributed by atoms with E-state index in [0.717, 1.165) is 25.1 Å².